The minimum Gasteiger partial charge on any atom is -0.422 e. The number of para-hydroxylation sites is 1. The van der Waals surface area contributed by atoms with E-state index in [9.17, 15) is 9.59 Å². The number of fused-ring (bicyclic) bond motifs is 1. The van der Waals surface area contributed by atoms with Crippen molar-refractivity contribution in [2.75, 3.05) is 5.32 Å². The minimum atomic E-state index is -0.667. The zero-order chi connectivity index (χ0) is 14.8. The van der Waals surface area contributed by atoms with Gasteiger partial charge in [0.2, 0.25) is 0 Å². The molecule has 0 aliphatic heterocycles. The van der Waals surface area contributed by atoms with Gasteiger partial charge in [0.15, 0.2) is 0 Å². The Morgan fingerprint density at radius 1 is 1.05 bits per heavy atom. The van der Waals surface area contributed by atoms with E-state index in [0.29, 0.717) is 21.7 Å². The smallest absolute Gasteiger partial charge is 0.349 e. The molecule has 21 heavy (non-hydrogen) atoms. The van der Waals surface area contributed by atoms with Crippen molar-refractivity contribution in [1.82, 2.24) is 0 Å². The molecule has 0 bridgehead atoms. The molecule has 1 aromatic heterocycles. The fraction of sp³-hybridized carbons (Fsp3) is 0. The van der Waals surface area contributed by atoms with Crippen LogP contribution in [0.1, 0.15) is 10.4 Å². The van der Waals surface area contributed by atoms with Gasteiger partial charge in [-0.25, -0.2) is 4.79 Å². The van der Waals surface area contributed by atoms with Crippen LogP contribution in [0.4, 0.5) is 5.69 Å². The monoisotopic (exact) mass is 299 g/mol. The highest BCUT2D eigenvalue weighted by Crippen LogP contribution is 2.16. The third-order valence-electron chi connectivity index (χ3n) is 2.99. The van der Waals surface area contributed by atoms with Gasteiger partial charge in [-0.05, 0) is 36.4 Å². The molecule has 0 aliphatic rings. The van der Waals surface area contributed by atoms with Crippen LogP contribution in [0, 0.1) is 0 Å². The topological polar surface area (TPSA) is 59.3 Å². The molecule has 3 rings (SSSR count). The van der Waals surface area contributed by atoms with Gasteiger partial charge in [-0.2, -0.15) is 0 Å². The fourth-order valence-corrected chi connectivity index (χ4v) is 2.08. The molecular formula is C16H10ClNO3. The van der Waals surface area contributed by atoms with Crippen molar-refractivity contribution in [3.05, 3.63) is 75.6 Å². The molecule has 0 fully saturated rings. The first-order valence-corrected chi connectivity index (χ1v) is 6.61. The standard InChI is InChI=1S/C16H10ClNO3/c17-11-5-7-12(8-6-11)18-15(19)13-9-10-3-1-2-4-14(10)21-16(13)20/h1-9H,(H,18,19). The van der Waals surface area contributed by atoms with Crippen LogP contribution in [0.2, 0.25) is 5.02 Å². The number of hydrogen-bond donors (Lipinski definition) is 1. The lowest BCUT2D eigenvalue weighted by Crippen LogP contribution is -2.20. The van der Waals surface area contributed by atoms with Crippen LogP contribution in [0.3, 0.4) is 0 Å². The molecular weight excluding hydrogens is 290 g/mol. The Balaban J connectivity index is 1.95. The van der Waals surface area contributed by atoms with Crippen molar-refractivity contribution in [3.63, 3.8) is 0 Å². The molecule has 1 amide bonds. The van der Waals surface area contributed by atoms with Crippen LogP contribution < -0.4 is 10.9 Å². The molecule has 5 heteroatoms. The summed E-state index contributed by atoms with van der Waals surface area (Å²) in [5, 5.41) is 3.89. The van der Waals surface area contributed by atoms with Crippen molar-refractivity contribution >= 4 is 34.2 Å². The molecule has 0 aliphatic carbocycles. The van der Waals surface area contributed by atoms with Crippen molar-refractivity contribution in [2.24, 2.45) is 0 Å². The SMILES string of the molecule is O=C(Nc1ccc(Cl)cc1)c1cc2ccccc2oc1=O. The van der Waals surface area contributed by atoms with Gasteiger partial charge in [0.05, 0.1) is 0 Å². The number of carbonyl (C=O) groups is 1. The highest BCUT2D eigenvalue weighted by Gasteiger charge is 2.13. The third-order valence-corrected chi connectivity index (χ3v) is 3.24. The molecule has 0 saturated heterocycles. The van der Waals surface area contributed by atoms with E-state index in [2.05, 4.69) is 5.32 Å². The average molecular weight is 300 g/mol. The van der Waals surface area contributed by atoms with Crippen LogP contribution in [-0.4, -0.2) is 5.91 Å². The molecule has 104 valence electrons. The number of carbonyl (C=O) groups excluding carboxylic acids is 1. The summed E-state index contributed by atoms with van der Waals surface area (Å²) >= 11 is 5.78. The first-order chi connectivity index (χ1) is 10.1. The summed E-state index contributed by atoms with van der Waals surface area (Å²) in [6.07, 6.45) is 0. The molecule has 0 unspecified atom stereocenters. The van der Waals surface area contributed by atoms with Gasteiger partial charge in [-0.1, -0.05) is 29.8 Å². The van der Waals surface area contributed by atoms with Crippen LogP contribution in [-0.2, 0) is 0 Å². The summed E-state index contributed by atoms with van der Waals surface area (Å²) in [6.45, 7) is 0. The van der Waals surface area contributed by atoms with Gasteiger partial charge < -0.3 is 9.73 Å². The largest absolute Gasteiger partial charge is 0.422 e. The highest BCUT2D eigenvalue weighted by atomic mass is 35.5. The summed E-state index contributed by atoms with van der Waals surface area (Å²) in [5.74, 6) is -0.517. The number of rotatable bonds is 2. The number of benzene rings is 2. The average Bonchev–Trinajstić information content (AvgIpc) is 2.49. The number of halogens is 1. The zero-order valence-corrected chi connectivity index (χ0v) is 11.6. The lowest BCUT2D eigenvalue weighted by atomic mass is 10.1. The maximum Gasteiger partial charge on any atom is 0.349 e. The second kappa shape index (κ2) is 5.42. The molecule has 1 N–H and O–H groups in total. The van der Waals surface area contributed by atoms with Crippen molar-refractivity contribution in [3.8, 4) is 0 Å². The van der Waals surface area contributed by atoms with E-state index < -0.39 is 11.5 Å². The predicted molar refractivity (Wildman–Crippen MR) is 81.9 cm³/mol. The summed E-state index contributed by atoms with van der Waals surface area (Å²) < 4.78 is 5.13. The first-order valence-electron chi connectivity index (χ1n) is 6.23. The lowest BCUT2D eigenvalue weighted by molar-refractivity contribution is 0.102. The van der Waals surface area contributed by atoms with E-state index in [4.69, 9.17) is 16.0 Å². The van der Waals surface area contributed by atoms with Crippen molar-refractivity contribution < 1.29 is 9.21 Å². The number of hydrogen-bond acceptors (Lipinski definition) is 3. The van der Waals surface area contributed by atoms with E-state index in [0.717, 1.165) is 0 Å². The van der Waals surface area contributed by atoms with Gasteiger partial charge in [0.25, 0.3) is 5.91 Å². The van der Waals surface area contributed by atoms with E-state index in [-0.39, 0.29) is 5.56 Å². The molecule has 2 aromatic carbocycles. The van der Waals surface area contributed by atoms with Crippen molar-refractivity contribution in [2.45, 2.75) is 0 Å². The van der Waals surface area contributed by atoms with Crippen molar-refractivity contribution in [1.29, 1.82) is 0 Å². The second-order valence-corrected chi connectivity index (χ2v) is 4.88. The third kappa shape index (κ3) is 2.80. The summed E-state index contributed by atoms with van der Waals surface area (Å²) in [7, 11) is 0. The Kier molecular flexibility index (Phi) is 3.46. The van der Waals surface area contributed by atoms with E-state index in [1.165, 1.54) is 6.07 Å². The van der Waals surface area contributed by atoms with Gasteiger partial charge in [-0.3, -0.25) is 4.79 Å². The number of amides is 1. The lowest BCUT2D eigenvalue weighted by Gasteiger charge is -2.05. The van der Waals surface area contributed by atoms with Crippen LogP contribution >= 0.6 is 11.6 Å². The van der Waals surface area contributed by atoms with Gasteiger partial charge in [-0.15, -0.1) is 0 Å². The van der Waals surface area contributed by atoms with Gasteiger partial charge in [0.1, 0.15) is 11.1 Å². The maximum absolute atomic E-state index is 12.2. The molecule has 0 saturated carbocycles. The summed E-state index contributed by atoms with van der Waals surface area (Å²) in [4.78, 5) is 24.0. The molecule has 4 nitrogen and oxygen atoms in total. The summed E-state index contributed by atoms with van der Waals surface area (Å²) in [6, 6.07) is 15.2. The van der Waals surface area contributed by atoms with Crippen LogP contribution in [0.5, 0.6) is 0 Å². The molecule has 3 aromatic rings. The quantitative estimate of drug-likeness (QED) is 0.734. The number of anilines is 1. The molecule has 0 spiro atoms. The molecule has 0 radical (unpaired) electrons. The zero-order valence-electron chi connectivity index (χ0n) is 10.8. The number of nitrogens with one attached hydrogen (secondary N) is 1. The van der Waals surface area contributed by atoms with Gasteiger partial charge >= 0.3 is 5.63 Å². The Labute approximate surface area is 125 Å². The predicted octanol–water partition coefficient (Wildman–Crippen LogP) is 3.70. The Bertz CT molecular complexity index is 869. The maximum atomic E-state index is 12.2. The van der Waals surface area contributed by atoms with Crippen LogP contribution in [0.25, 0.3) is 11.0 Å². The first kappa shape index (κ1) is 13.4. The Hall–Kier alpha value is -2.59. The Morgan fingerprint density at radius 3 is 2.52 bits per heavy atom. The summed E-state index contributed by atoms with van der Waals surface area (Å²) in [5.41, 5.74) is 0.298. The van der Waals surface area contributed by atoms with Crippen LogP contribution in [0.15, 0.2) is 63.8 Å². The van der Waals surface area contributed by atoms with E-state index in [1.54, 1.807) is 42.5 Å². The van der Waals surface area contributed by atoms with E-state index >= 15 is 0 Å². The Morgan fingerprint density at radius 2 is 1.76 bits per heavy atom. The molecule has 0 atom stereocenters. The van der Waals surface area contributed by atoms with E-state index in [1.807, 2.05) is 6.07 Å². The second-order valence-electron chi connectivity index (χ2n) is 4.45. The normalized spacial score (nSPS) is 10.5. The van der Waals surface area contributed by atoms with Gasteiger partial charge in [0, 0.05) is 16.1 Å². The minimum absolute atomic E-state index is 0.0383. The molecule has 1 heterocycles. The fourth-order valence-electron chi connectivity index (χ4n) is 1.95. The highest BCUT2D eigenvalue weighted by molar-refractivity contribution is 6.30.